The van der Waals surface area contributed by atoms with Crippen LogP contribution in [0.3, 0.4) is 0 Å². The summed E-state index contributed by atoms with van der Waals surface area (Å²) in [6.45, 7) is 2.88. The Balaban J connectivity index is 1.60. The lowest BCUT2D eigenvalue weighted by atomic mass is 9.96. The summed E-state index contributed by atoms with van der Waals surface area (Å²) in [5.74, 6) is 1.00. The third kappa shape index (κ3) is 4.13. The van der Waals surface area contributed by atoms with Crippen LogP contribution in [0.4, 0.5) is 4.79 Å². The number of aromatic nitrogens is 2. The van der Waals surface area contributed by atoms with Crippen LogP contribution in [0, 0.1) is 0 Å². The summed E-state index contributed by atoms with van der Waals surface area (Å²) >= 11 is 0. The second-order valence-corrected chi connectivity index (χ2v) is 6.18. The van der Waals surface area contributed by atoms with E-state index in [2.05, 4.69) is 15.5 Å². The van der Waals surface area contributed by atoms with Crippen molar-refractivity contribution in [3.05, 3.63) is 36.2 Å². The van der Waals surface area contributed by atoms with E-state index in [9.17, 15) is 4.79 Å². The number of rotatable bonds is 5. The number of urea groups is 1. The zero-order chi connectivity index (χ0) is 16.8. The van der Waals surface area contributed by atoms with E-state index in [1.54, 1.807) is 4.90 Å². The summed E-state index contributed by atoms with van der Waals surface area (Å²) in [6, 6.07) is 9.91. The topological polar surface area (TPSA) is 71.3 Å². The van der Waals surface area contributed by atoms with Gasteiger partial charge >= 0.3 is 6.03 Å². The lowest BCUT2D eigenvalue weighted by Crippen LogP contribution is -2.45. The molecule has 6 heteroatoms. The first-order valence-corrected chi connectivity index (χ1v) is 8.69. The van der Waals surface area contributed by atoms with Crippen LogP contribution in [0.15, 0.2) is 34.9 Å². The highest BCUT2D eigenvalue weighted by Crippen LogP contribution is 2.18. The molecular formula is C18H24N4O2. The Morgan fingerprint density at radius 3 is 2.71 bits per heavy atom. The number of carbonyl (C=O) groups is 1. The predicted molar refractivity (Wildman–Crippen MR) is 91.2 cm³/mol. The molecule has 1 fully saturated rings. The van der Waals surface area contributed by atoms with Gasteiger partial charge < -0.3 is 14.7 Å². The van der Waals surface area contributed by atoms with Crippen LogP contribution in [0.1, 0.15) is 44.9 Å². The monoisotopic (exact) mass is 328 g/mol. The molecule has 1 heterocycles. The van der Waals surface area contributed by atoms with Gasteiger partial charge in [0, 0.05) is 18.2 Å². The number of hydrogen-bond acceptors (Lipinski definition) is 4. The maximum Gasteiger partial charge on any atom is 0.318 e. The number of nitrogens with one attached hydrogen (secondary N) is 1. The second-order valence-electron chi connectivity index (χ2n) is 6.18. The van der Waals surface area contributed by atoms with Gasteiger partial charge in [-0.1, -0.05) is 54.8 Å². The van der Waals surface area contributed by atoms with E-state index in [1.807, 2.05) is 37.3 Å². The fourth-order valence-corrected chi connectivity index (χ4v) is 3.03. The molecule has 1 aliphatic rings. The van der Waals surface area contributed by atoms with Gasteiger partial charge in [0.25, 0.3) is 0 Å². The van der Waals surface area contributed by atoms with Gasteiger partial charge in [0.05, 0.1) is 0 Å². The van der Waals surface area contributed by atoms with E-state index in [1.165, 1.54) is 19.3 Å². The molecule has 1 saturated carbocycles. The van der Waals surface area contributed by atoms with E-state index < -0.39 is 0 Å². The van der Waals surface area contributed by atoms with Crippen molar-refractivity contribution >= 4 is 6.03 Å². The Labute approximate surface area is 142 Å². The summed E-state index contributed by atoms with van der Waals surface area (Å²) in [5.41, 5.74) is 0.905. The first-order chi connectivity index (χ1) is 11.8. The average Bonchev–Trinajstić information content (AvgIpc) is 3.10. The number of amides is 2. The van der Waals surface area contributed by atoms with Crippen molar-refractivity contribution in [3.63, 3.8) is 0 Å². The molecule has 24 heavy (non-hydrogen) atoms. The van der Waals surface area contributed by atoms with Crippen molar-refractivity contribution in [1.82, 2.24) is 20.4 Å². The number of carbonyl (C=O) groups excluding carboxylic acids is 1. The molecule has 0 bridgehead atoms. The van der Waals surface area contributed by atoms with E-state index in [0.29, 0.717) is 30.8 Å². The highest BCUT2D eigenvalue weighted by Gasteiger charge is 2.21. The molecule has 0 spiro atoms. The highest BCUT2D eigenvalue weighted by molar-refractivity contribution is 5.74. The van der Waals surface area contributed by atoms with Crippen molar-refractivity contribution < 1.29 is 9.32 Å². The van der Waals surface area contributed by atoms with Gasteiger partial charge in [-0.2, -0.15) is 4.98 Å². The van der Waals surface area contributed by atoms with Crippen LogP contribution in [-0.2, 0) is 6.54 Å². The zero-order valence-corrected chi connectivity index (χ0v) is 14.1. The lowest BCUT2D eigenvalue weighted by molar-refractivity contribution is 0.182. The number of benzene rings is 1. The van der Waals surface area contributed by atoms with E-state index in [4.69, 9.17) is 4.52 Å². The van der Waals surface area contributed by atoms with Crippen molar-refractivity contribution in [2.45, 2.75) is 51.6 Å². The van der Waals surface area contributed by atoms with Crippen LogP contribution in [0.2, 0.25) is 0 Å². The Morgan fingerprint density at radius 2 is 2.00 bits per heavy atom. The normalized spacial score (nSPS) is 15.2. The average molecular weight is 328 g/mol. The molecule has 1 aliphatic carbocycles. The molecule has 128 valence electrons. The van der Waals surface area contributed by atoms with Crippen molar-refractivity contribution in [1.29, 1.82) is 0 Å². The molecule has 0 radical (unpaired) electrons. The molecule has 1 N–H and O–H groups in total. The lowest BCUT2D eigenvalue weighted by Gasteiger charge is -2.26. The Kier molecular flexibility index (Phi) is 5.46. The summed E-state index contributed by atoms with van der Waals surface area (Å²) in [5, 5.41) is 7.13. The Morgan fingerprint density at radius 1 is 1.25 bits per heavy atom. The van der Waals surface area contributed by atoms with E-state index >= 15 is 0 Å². The van der Waals surface area contributed by atoms with Gasteiger partial charge in [-0.15, -0.1) is 0 Å². The third-order valence-electron chi connectivity index (χ3n) is 4.43. The summed E-state index contributed by atoms with van der Waals surface area (Å²) in [6.07, 6.45) is 5.81. The van der Waals surface area contributed by atoms with Crippen LogP contribution in [-0.4, -0.2) is 33.7 Å². The van der Waals surface area contributed by atoms with Crippen LogP contribution in [0.25, 0.3) is 11.4 Å². The van der Waals surface area contributed by atoms with Gasteiger partial charge in [0.2, 0.25) is 11.7 Å². The first kappa shape index (κ1) is 16.5. The fourth-order valence-electron chi connectivity index (χ4n) is 3.03. The fraction of sp³-hybridized carbons (Fsp3) is 0.500. The second kappa shape index (κ2) is 7.95. The molecular weight excluding hydrogens is 304 g/mol. The summed E-state index contributed by atoms with van der Waals surface area (Å²) in [7, 11) is 0. The Hall–Kier alpha value is -2.37. The molecule has 2 aromatic rings. The number of nitrogens with zero attached hydrogens (tertiary/aromatic N) is 3. The molecule has 0 saturated heterocycles. The minimum Gasteiger partial charge on any atom is -0.337 e. The zero-order valence-electron chi connectivity index (χ0n) is 14.1. The molecule has 1 aromatic heterocycles. The standard InChI is InChI=1S/C18H24N4O2/c1-2-22(18(23)19-15-11-7-4-8-12-15)13-16-20-17(21-24-16)14-9-5-3-6-10-14/h3,5-6,9-10,15H,2,4,7-8,11-13H2,1H3,(H,19,23). The maximum absolute atomic E-state index is 12.4. The van der Waals surface area contributed by atoms with Crippen LogP contribution >= 0.6 is 0 Å². The van der Waals surface area contributed by atoms with Crippen LogP contribution < -0.4 is 5.32 Å². The smallest absolute Gasteiger partial charge is 0.318 e. The largest absolute Gasteiger partial charge is 0.337 e. The molecule has 1 aromatic carbocycles. The van der Waals surface area contributed by atoms with Gasteiger partial charge in [-0.05, 0) is 19.8 Å². The van der Waals surface area contributed by atoms with Gasteiger partial charge in [0.1, 0.15) is 6.54 Å². The van der Waals surface area contributed by atoms with Crippen LogP contribution in [0.5, 0.6) is 0 Å². The maximum atomic E-state index is 12.4. The third-order valence-corrected chi connectivity index (χ3v) is 4.43. The highest BCUT2D eigenvalue weighted by atomic mass is 16.5. The quantitative estimate of drug-likeness (QED) is 0.910. The summed E-state index contributed by atoms with van der Waals surface area (Å²) < 4.78 is 5.31. The van der Waals surface area contributed by atoms with Gasteiger partial charge in [-0.3, -0.25) is 0 Å². The van der Waals surface area contributed by atoms with Crippen molar-refractivity contribution in [2.75, 3.05) is 6.54 Å². The van der Waals surface area contributed by atoms with Crippen molar-refractivity contribution in [2.24, 2.45) is 0 Å². The molecule has 0 unspecified atom stereocenters. The van der Waals surface area contributed by atoms with Gasteiger partial charge in [-0.25, -0.2) is 4.79 Å². The molecule has 3 rings (SSSR count). The summed E-state index contributed by atoms with van der Waals surface area (Å²) in [4.78, 5) is 18.6. The van der Waals surface area contributed by atoms with Gasteiger partial charge in [0.15, 0.2) is 0 Å². The molecule has 6 nitrogen and oxygen atoms in total. The molecule has 0 atom stereocenters. The minimum atomic E-state index is -0.0520. The minimum absolute atomic E-state index is 0.0520. The Bertz CT molecular complexity index is 650. The molecule has 0 aliphatic heterocycles. The predicted octanol–water partition coefficient (Wildman–Crippen LogP) is 3.60. The number of hydrogen-bond donors (Lipinski definition) is 1. The SMILES string of the molecule is CCN(Cc1nc(-c2ccccc2)no1)C(=O)NC1CCCCC1. The van der Waals surface area contributed by atoms with E-state index in [-0.39, 0.29) is 6.03 Å². The van der Waals surface area contributed by atoms with Crippen molar-refractivity contribution in [3.8, 4) is 11.4 Å². The molecule has 2 amide bonds. The van der Waals surface area contributed by atoms with E-state index in [0.717, 1.165) is 18.4 Å². The first-order valence-electron chi connectivity index (χ1n) is 8.69.